The van der Waals surface area contributed by atoms with Gasteiger partial charge in [0.2, 0.25) is 6.41 Å². The van der Waals surface area contributed by atoms with E-state index in [0.29, 0.717) is 6.54 Å². The lowest BCUT2D eigenvalue weighted by Crippen LogP contribution is -2.26. The van der Waals surface area contributed by atoms with Gasteiger partial charge in [-0.2, -0.15) is 0 Å². The average Bonchev–Trinajstić information content (AvgIpc) is 3.06. The third-order valence-electron chi connectivity index (χ3n) is 3.50. The fraction of sp³-hybridized carbons (Fsp3) is 0.176. The van der Waals surface area contributed by atoms with Gasteiger partial charge in [0.05, 0.1) is 6.54 Å². The van der Waals surface area contributed by atoms with E-state index >= 15 is 0 Å². The van der Waals surface area contributed by atoms with E-state index in [2.05, 4.69) is 39.1 Å². The number of amides is 1. The normalized spacial score (nSPS) is 13.2. The van der Waals surface area contributed by atoms with Gasteiger partial charge >= 0.3 is 0 Å². The molecule has 0 saturated carbocycles. The molecule has 0 bridgehead atoms. The molecule has 0 spiro atoms. The van der Waals surface area contributed by atoms with E-state index in [9.17, 15) is 4.79 Å². The first kappa shape index (κ1) is 14.1. The van der Waals surface area contributed by atoms with E-state index in [1.54, 1.807) is 0 Å². The lowest BCUT2D eigenvalue weighted by molar-refractivity contribution is -0.109. The summed E-state index contributed by atoms with van der Waals surface area (Å²) in [5.41, 5.74) is 4.29. The molecule has 0 radical (unpaired) electrons. The molecule has 1 heterocycles. The van der Waals surface area contributed by atoms with Gasteiger partial charge < -0.3 is 16.0 Å². The van der Waals surface area contributed by atoms with Crippen molar-refractivity contribution in [3.8, 4) is 11.1 Å². The minimum atomic E-state index is 0.519. The maximum Gasteiger partial charge on any atom is 0.207 e. The first-order valence-electron chi connectivity index (χ1n) is 7.27. The number of nitrogens with zero attached hydrogens (tertiary/aromatic N) is 1. The van der Waals surface area contributed by atoms with Gasteiger partial charge in [-0.3, -0.25) is 9.79 Å². The SMILES string of the molecule is O=CNCc1ccccc1-c1cccc(NC2=NCCN2)c1. The fourth-order valence-corrected chi connectivity index (χ4v) is 2.49. The van der Waals surface area contributed by atoms with Crippen LogP contribution >= 0.6 is 0 Å². The Labute approximate surface area is 129 Å². The Morgan fingerprint density at radius 3 is 2.91 bits per heavy atom. The van der Waals surface area contributed by atoms with Crippen molar-refractivity contribution in [1.29, 1.82) is 0 Å². The highest BCUT2D eigenvalue weighted by Crippen LogP contribution is 2.26. The van der Waals surface area contributed by atoms with Gasteiger partial charge in [0.15, 0.2) is 5.96 Å². The molecular formula is C17H18N4O. The largest absolute Gasteiger partial charge is 0.355 e. The Balaban J connectivity index is 1.86. The van der Waals surface area contributed by atoms with Crippen molar-refractivity contribution >= 4 is 18.1 Å². The molecule has 22 heavy (non-hydrogen) atoms. The Hall–Kier alpha value is -2.82. The molecule has 0 aromatic heterocycles. The van der Waals surface area contributed by atoms with Crippen LogP contribution in [0.1, 0.15) is 5.56 Å². The number of carbonyl (C=O) groups is 1. The van der Waals surface area contributed by atoms with Crippen molar-refractivity contribution in [2.75, 3.05) is 18.4 Å². The minimum Gasteiger partial charge on any atom is -0.355 e. The van der Waals surface area contributed by atoms with Gasteiger partial charge in [0, 0.05) is 18.8 Å². The predicted molar refractivity (Wildman–Crippen MR) is 88.7 cm³/mol. The van der Waals surface area contributed by atoms with E-state index < -0.39 is 0 Å². The summed E-state index contributed by atoms with van der Waals surface area (Å²) in [7, 11) is 0. The Morgan fingerprint density at radius 2 is 2.09 bits per heavy atom. The number of rotatable bonds is 5. The number of benzene rings is 2. The second kappa shape index (κ2) is 6.76. The number of hydrogen-bond donors (Lipinski definition) is 3. The summed E-state index contributed by atoms with van der Waals surface area (Å²) in [5, 5.41) is 9.20. The molecule has 1 amide bonds. The quantitative estimate of drug-likeness (QED) is 0.739. The molecule has 0 fully saturated rings. The maximum absolute atomic E-state index is 10.5. The molecule has 1 aliphatic rings. The van der Waals surface area contributed by atoms with Crippen LogP contribution in [0.5, 0.6) is 0 Å². The van der Waals surface area contributed by atoms with Crippen LogP contribution in [0, 0.1) is 0 Å². The fourth-order valence-electron chi connectivity index (χ4n) is 2.49. The second-order valence-electron chi connectivity index (χ2n) is 5.02. The van der Waals surface area contributed by atoms with Gasteiger partial charge in [0.25, 0.3) is 0 Å². The zero-order valence-electron chi connectivity index (χ0n) is 12.2. The summed E-state index contributed by atoms with van der Waals surface area (Å²) in [5.74, 6) is 0.813. The average molecular weight is 294 g/mol. The van der Waals surface area contributed by atoms with Crippen LogP contribution in [0.15, 0.2) is 53.5 Å². The molecule has 5 heteroatoms. The van der Waals surface area contributed by atoms with Crippen molar-refractivity contribution in [3.63, 3.8) is 0 Å². The van der Waals surface area contributed by atoms with Crippen LogP contribution in [-0.2, 0) is 11.3 Å². The minimum absolute atomic E-state index is 0.519. The molecule has 0 atom stereocenters. The van der Waals surface area contributed by atoms with Crippen LogP contribution < -0.4 is 16.0 Å². The van der Waals surface area contributed by atoms with E-state index in [0.717, 1.165) is 47.8 Å². The van der Waals surface area contributed by atoms with Crippen molar-refractivity contribution < 1.29 is 4.79 Å². The molecule has 3 N–H and O–H groups in total. The molecule has 0 unspecified atom stereocenters. The number of hydrogen-bond acceptors (Lipinski definition) is 4. The third kappa shape index (κ3) is 3.25. The van der Waals surface area contributed by atoms with Gasteiger partial charge in [-0.15, -0.1) is 0 Å². The molecule has 5 nitrogen and oxygen atoms in total. The van der Waals surface area contributed by atoms with Crippen LogP contribution in [0.4, 0.5) is 5.69 Å². The van der Waals surface area contributed by atoms with Crippen molar-refractivity contribution in [2.24, 2.45) is 4.99 Å². The smallest absolute Gasteiger partial charge is 0.207 e. The van der Waals surface area contributed by atoms with Gasteiger partial charge in [-0.1, -0.05) is 36.4 Å². The van der Waals surface area contributed by atoms with Crippen LogP contribution in [0.25, 0.3) is 11.1 Å². The summed E-state index contributed by atoms with van der Waals surface area (Å²) < 4.78 is 0. The zero-order chi connectivity index (χ0) is 15.2. The van der Waals surface area contributed by atoms with Crippen molar-refractivity contribution in [3.05, 3.63) is 54.1 Å². The van der Waals surface area contributed by atoms with E-state index in [1.807, 2.05) is 30.3 Å². The molecule has 2 aromatic carbocycles. The van der Waals surface area contributed by atoms with Gasteiger partial charge in [-0.05, 0) is 28.8 Å². The molecule has 112 valence electrons. The summed E-state index contributed by atoms with van der Waals surface area (Å²) in [6.45, 7) is 2.20. The second-order valence-corrected chi connectivity index (χ2v) is 5.02. The number of carbonyl (C=O) groups excluding carboxylic acids is 1. The van der Waals surface area contributed by atoms with Crippen molar-refractivity contribution in [2.45, 2.75) is 6.54 Å². The third-order valence-corrected chi connectivity index (χ3v) is 3.50. The Bertz CT molecular complexity index is 697. The maximum atomic E-state index is 10.5. The number of nitrogens with one attached hydrogen (secondary N) is 3. The molecule has 0 aliphatic carbocycles. The lowest BCUT2D eigenvalue weighted by atomic mass is 9.99. The first-order valence-corrected chi connectivity index (χ1v) is 7.27. The first-order chi connectivity index (χ1) is 10.9. The summed E-state index contributed by atoms with van der Waals surface area (Å²) in [6, 6.07) is 16.2. The zero-order valence-corrected chi connectivity index (χ0v) is 12.2. The summed E-state index contributed by atoms with van der Waals surface area (Å²) >= 11 is 0. The van der Waals surface area contributed by atoms with E-state index in [4.69, 9.17) is 0 Å². The van der Waals surface area contributed by atoms with Gasteiger partial charge in [-0.25, -0.2) is 0 Å². The van der Waals surface area contributed by atoms with E-state index in [-0.39, 0.29) is 0 Å². The Morgan fingerprint density at radius 1 is 1.18 bits per heavy atom. The number of guanidine groups is 1. The van der Waals surface area contributed by atoms with Crippen LogP contribution in [-0.4, -0.2) is 25.5 Å². The Kier molecular flexibility index (Phi) is 4.34. The highest BCUT2D eigenvalue weighted by Gasteiger charge is 2.07. The highest BCUT2D eigenvalue weighted by atomic mass is 16.1. The van der Waals surface area contributed by atoms with E-state index in [1.165, 1.54) is 0 Å². The molecular weight excluding hydrogens is 276 g/mol. The number of anilines is 1. The highest BCUT2D eigenvalue weighted by molar-refractivity contribution is 5.95. The molecule has 1 aliphatic heterocycles. The van der Waals surface area contributed by atoms with Crippen LogP contribution in [0.3, 0.4) is 0 Å². The van der Waals surface area contributed by atoms with Gasteiger partial charge in [0.1, 0.15) is 0 Å². The lowest BCUT2D eigenvalue weighted by Gasteiger charge is -2.12. The topological polar surface area (TPSA) is 65.5 Å². The molecule has 0 saturated heterocycles. The van der Waals surface area contributed by atoms with Crippen molar-refractivity contribution in [1.82, 2.24) is 10.6 Å². The standard InChI is InChI=1S/C17H18N4O/c22-12-18-11-14-4-1-2-7-16(14)13-5-3-6-15(10-13)21-17-19-8-9-20-17/h1-7,10,12H,8-9,11H2,(H,18,22)(H2,19,20,21). The number of aliphatic imine (C=N–C) groups is 1. The summed E-state index contributed by atoms with van der Waals surface area (Å²) in [6.07, 6.45) is 0.721. The van der Waals surface area contributed by atoms with Crippen LogP contribution in [0.2, 0.25) is 0 Å². The molecule has 2 aromatic rings. The predicted octanol–water partition coefficient (Wildman–Crippen LogP) is 1.97. The monoisotopic (exact) mass is 294 g/mol. The summed E-state index contributed by atoms with van der Waals surface area (Å²) in [4.78, 5) is 14.9. The molecule has 3 rings (SSSR count).